The summed E-state index contributed by atoms with van der Waals surface area (Å²) in [7, 11) is 1.60. The number of hydrogen-bond donors (Lipinski definition) is 2. The Morgan fingerprint density at radius 1 is 1.17 bits per heavy atom. The number of methoxy groups -OCH3 is 1. The predicted octanol–water partition coefficient (Wildman–Crippen LogP) is 2.73. The van der Waals surface area contributed by atoms with E-state index in [0.717, 1.165) is 11.1 Å². The van der Waals surface area contributed by atoms with Gasteiger partial charge in [-0.1, -0.05) is 48.5 Å². The molecule has 0 aliphatic carbocycles. The van der Waals surface area contributed by atoms with E-state index in [-0.39, 0.29) is 18.6 Å². The number of aliphatic hydroxyl groups is 1. The minimum atomic E-state index is -0.313. The van der Waals surface area contributed by atoms with Gasteiger partial charge in [0.1, 0.15) is 5.75 Å². The van der Waals surface area contributed by atoms with Crippen LogP contribution in [0.1, 0.15) is 18.1 Å². The van der Waals surface area contributed by atoms with E-state index >= 15 is 0 Å². The lowest BCUT2D eigenvalue weighted by Crippen LogP contribution is -2.35. The molecule has 0 bridgehead atoms. The zero-order chi connectivity index (χ0) is 16.7. The molecule has 0 radical (unpaired) electrons. The van der Waals surface area contributed by atoms with E-state index in [1.165, 1.54) is 0 Å². The second-order valence-corrected chi connectivity index (χ2v) is 5.22. The molecule has 1 amide bonds. The van der Waals surface area contributed by atoms with Crippen molar-refractivity contribution in [1.82, 2.24) is 5.32 Å². The molecule has 2 aromatic carbocycles. The maximum Gasteiger partial charge on any atom is 0.252 e. The zero-order valence-electron chi connectivity index (χ0n) is 13.3. The molecule has 120 valence electrons. The van der Waals surface area contributed by atoms with Crippen LogP contribution in [-0.4, -0.2) is 30.8 Å². The first-order chi connectivity index (χ1) is 11.2. The van der Waals surface area contributed by atoms with E-state index in [2.05, 4.69) is 5.32 Å². The fourth-order valence-corrected chi connectivity index (χ4v) is 2.19. The van der Waals surface area contributed by atoms with Gasteiger partial charge in [0.2, 0.25) is 0 Å². The summed E-state index contributed by atoms with van der Waals surface area (Å²) < 4.78 is 5.35. The molecule has 2 rings (SSSR count). The lowest BCUT2D eigenvalue weighted by atomic mass is 10.0. The van der Waals surface area contributed by atoms with Crippen LogP contribution in [0.4, 0.5) is 0 Å². The molecular weight excluding hydrogens is 290 g/mol. The Morgan fingerprint density at radius 3 is 2.48 bits per heavy atom. The molecule has 0 saturated heterocycles. The maximum absolute atomic E-state index is 12.6. The van der Waals surface area contributed by atoms with Crippen molar-refractivity contribution in [2.24, 2.45) is 0 Å². The van der Waals surface area contributed by atoms with Crippen LogP contribution in [0.2, 0.25) is 0 Å². The summed E-state index contributed by atoms with van der Waals surface area (Å²) in [5, 5.41) is 11.9. The molecular formula is C19H21NO3. The van der Waals surface area contributed by atoms with Gasteiger partial charge in [-0.05, 0) is 24.6 Å². The molecule has 0 heterocycles. The van der Waals surface area contributed by atoms with Crippen LogP contribution in [0.25, 0.3) is 11.6 Å². The Bertz CT molecular complexity index is 680. The molecule has 4 nitrogen and oxygen atoms in total. The van der Waals surface area contributed by atoms with Crippen LogP contribution in [0.3, 0.4) is 0 Å². The average molecular weight is 311 g/mol. The Morgan fingerprint density at radius 2 is 1.83 bits per heavy atom. The summed E-state index contributed by atoms with van der Waals surface area (Å²) in [6, 6.07) is 16.6. The van der Waals surface area contributed by atoms with Crippen molar-refractivity contribution in [3.8, 4) is 5.75 Å². The van der Waals surface area contributed by atoms with Gasteiger partial charge < -0.3 is 15.2 Å². The Labute approximate surface area is 136 Å². The van der Waals surface area contributed by atoms with Crippen LogP contribution in [-0.2, 0) is 4.79 Å². The van der Waals surface area contributed by atoms with Crippen LogP contribution < -0.4 is 10.1 Å². The molecule has 1 atom stereocenters. The van der Waals surface area contributed by atoms with E-state index < -0.39 is 0 Å². The number of ether oxygens (including phenoxy) is 1. The average Bonchev–Trinajstić information content (AvgIpc) is 2.60. The fourth-order valence-electron chi connectivity index (χ4n) is 2.19. The smallest absolute Gasteiger partial charge is 0.252 e. The number of rotatable bonds is 6. The van der Waals surface area contributed by atoms with Gasteiger partial charge in [-0.15, -0.1) is 0 Å². The van der Waals surface area contributed by atoms with Gasteiger partial charge in [0.05, 0.1) is 13.7 Å². The zero-order valence-corrected chi connectivity index (χ0v) is 13.3. The molecule has 0 aliphatic rings. The number of aliphatic hydroxyl groups excluding tert-OH is 1. The maximum atomic E-state index is 12.6. The number of hydrogen-bond acceptors (Lipinski definition) is 3. The van der Waals surface area contributed by atoms with E-state index in [9.17, 15) is 4.79 Å². The second kappa shape index (κ2) is 8.15. The van der Waals surface area contributed by atoms with Gasteiger partial charge in [-0.2, -0.15) is 0 Å². The summed E-state index contributed by atoms with van der Waals surface area (Å²) in [5.74, 6) is 0.465. The van der Waals surface area contributed by atoms with Gasteiger partial charge in [0, 0.05) is 17.2 Å². The third-order valence-electron chi connectivity index (χ3n) is 3.42. The summed E-state index contributed by atoms with van der Waals surface area (Å²) in [4.78, 5) is 12.6. The third-order valence-corrected chi connectivity index (χ3v) is 3.42. The van der Waals surface area contributed by atoms with Gasteiger partial charge in [-0.3, -0.25) is 4.79 Å². The molecule has 1 unspecified atom stereocenters. The summed E-state index contributed by atoms with van der Waals surface area (Å²) in [6.45, 7) is 1.64. The number of nitrogens with one attached hydrogen (secondary N) is 1. The fraction of sp³-hybridized carbons (Fsp3) is 0.211. The molecule has 0 spiro atoms. The Kier molecular flexibility index (Phi) is 5.94. The molecule has 0 fully saturated rings. The standard InChI is InChI=1S/C19H21NO3/c1-14(13-21)20-19(22)17(15-8-4-3-5-9-15)12-16-10-6-7-11-18(16)23-2/h3-12,14,21H,13H2,1-2H3,(H,20,22)/b17-12+. The Hall–Kier alpha value is -2.59. The molecule has 0 aliphatic heterocycles. The van der Waals surface area contributed by atoms with Crippen molar-refractivity contribution in [2.45, 2.75) is 13.0 Å². The van der Waals surface area contributed by atoms with Crippen molar-refractivity contribution >= 4 is 17.6 Å². The summed E-state index contributed by atoms with van der Waals surface area (Å²) in [6.07, 6.45) is 1.80. The number of benzene rings is 2. The number of carbonyl (C=O) groups excluding carboxylic acids is 1. The molecule has 0 aromatic heterocycles. The quantitative estimate of drug-likeness (QED) is 0.637. The normalized spacial score (nSPS) is 12.6. The highest BCUT2D eigenvalue weighted by Crippen LogP contribution is 2.24. The van der Waals surface area contributed by atoms with Crippen LogP contribution in [0.15, 0.2) is 54.6 Å². The molecule has 23 heavy (non-hydrogen) atoms. The highest BCUT2D eigenvalue weighted by molar-refractivity contribution is 6.24. The molecule has 2 aromatic rings. The molecule has 2 N–H and O–H groups in total. The second-order valence-electron chi connectivity index (χ2n) is 5.22. The number of para-hydroxylation sites is 1. The van der Waals surface area contributed by atoms with E-state index in [4.69, 9.17) is 9.84 Å². The largest absolute Gasteiger partial charge is 0.496 e. The lowest BCUT2D eigenvalue weighted by molar-refractivity contribution is -0.116. The summed E-state index contributed by atoms with van der Waals surface area (Å²) >= 11 is 0. The van der Waals surface area contributed by atoms with Crippen LogP contribution in [0.5, 0.6) is 5.75 Å². The van der Waals surface area contributed by atoms with E-state index in [1.54, 1.807) is 20.1 Å². The first-order valence-corrected chi connectivity index (χ1v) is 7.47. The monoisotopic (exact) mass is 311 g/mol. The van der Waals surface area contributed by atoms with E-state index in [1.807, 2.05) is 54.6 Å². The number of amides is 1. The van der Waals surface area contributed by atoms with Crippen molar-refractivity contribution < 1.29 is 14.6 Å². The number of carbonyl (C=O) groups is 1. The molecule has 4 heteroatoms. The lowest BCUT2D eigenvalue weighted by Gasteiger charge is -2.14. The van der Waals surface area contributed by atoms with Crippen molar-refractivity contribution in [3.05, 3.63) is 65.7 Å². The van der Waals surface area contributed by atoms with Gasteiger partial charge in [-0.25, -0.2) is 0 Å². The van der Waals surface area contributed by atoms with Crippen molar-refractivity contribution in [3.63, 3.8) is 0 Å². The molecule has 0 saturated carbocycles. The van der Waals surface area contributed by atoms with Gasteiger partial charge >= 0.3 is 0 Å². The van der Waals surface area contributed by atoms with Crippen molar-refractivity contribution in [1.29, 1.82) is 0 Å². The summed E-state index contributed by atoms with van der Waals surface area (Å²) in [5.41, 5.74) is 2.15. The predicted molar refractivity (Wildman–Crippen MR) is 92.0 cm³/mol. The SMILES string of the molecule is COc1ccccc1/C=C(/C(=O)NC(C)CO)c1ccccc1. The minimum Gasteiger partial charge on any atom is -0.496 e. The van der Waals surface area contributed by atoms with Crippen LogP contribution >= 0.6 is 0 Å². The Balaban J connectivity index is 2.45. The van der Waals surface area contributed by atoms with Gasteiger partial charge in [0.25, 0.3) is 5.91 Å². The third kappa shape index (κ3) is 4.44. The minimum absolute atomic E-state index is 0.109. The highest BCUT2D eigenvalue weighted by Gasteiger charge is 2.15. The van der Waals surface area contributed by atoms with E-state index in [0.29, 0.717) is 11.3 Å². The first-order valence-electron chi connectivity index (χ1n) is 7.47. The van der Waals surface area contributed by atoms with Crippen molar-refractivity contribution in [2.75, 3.05) is 13.7 Å². The highest BCUT2D eigenvalue weighted by atomic mass is 16.5. The topological polar surface area (TPSA) is 58.6 Å². The van der Waals surface area contributed by atoms with Gasteiger partial charge in [0.15, 0.2) is 0 Å². The van der Waals surface area contributed by atoms with Crippen LogP contribution in [0, 0.1) is 0 Å². The first kappa shape index (κ1) is 16.8.